The number of aromatic nitrogens is 1. The Morgan fingerprint density at radius 3 is 3.00 bits per heavy atom. The monoisotopic (exact) mass is 290 g/mol. The average molecular weight is 290 g/mol. The summed E-state index contributed by atoms with van der Waals surface area (Å²) < 4.78 is 5.16. The van der Waals surface area contributed by atoms with Crippen molar-refractivity contribution in [2.24, 2.45) is 0 Å². The van der Waals surface area contributed by atoms with E-state index in [0.717, 1.165) is 11.3 Å². The average Bonchev–Trinajstić information content (AvgIpc) is 3.06. The van der Waals surface area contributed by atoms with Gasteiger partial charge in [0.25, 0.3) is 5.91 Å². The van der Waals surface area contributed by atoms with Gasteiger partial charge < -0.3 is 20.1 Å². The highest BCUT2D eigenvalue weighted by molar-refractivity contribution is 7.18. The molecule has 0 atom stereocenters. The molecular formula is C13H10N2O4S. The van der Waals surface area contributed by atoms with Crippen LogP contribution in [0.2, 0.25) is 0 Å². The van der Waals surface area contributed by atoms with E-state index in [1.54, 1.807) is 25.4 Å². The van der Waals surface area contributed by atoms with E-state index >= 15 is 0 Å². The zero-order valence-corrected chi connectivity index (χ0v) is 11.2. The number of H-pyrrole nitrogens is 1. The number of hydrogen-bond acceptors (Lipinski definition) is 4. The minimum absolute atomic E-state index is 0.194. The third-order valence-electron chi connectivity index (χ3n) is 2.95. The molecule has 0 radical (unpaired) electrons. The van der Waals surface area contributed by atoms with Crippen molar-refractivity contribution in [1.82, 2.24) is 4.98 Å². The van der Waals surface area contributed by atoms with Crippen LogP contribution in [0.25, 0.3) is 11.6 Å². The molecule has 2 aromatic heterocycles. The SMILES string of the molecule is COc1cc[nH]c1/C=C1\C(=O)Nc2sc(C(=O)O)cc21. The lowest BCUT2D eigenvalue weighted by atomic mass is 10.1. The summed E-state index contributed by atoms with van der Waals surface area (Å²) in [6, 6.07) is 3.25. The van der Waals surface area contributed by atoms with E-state index in [2.05, 4.69) is 10.3 Å². The van der Waals surface area contributed by atoms with Crippen molar-refractivity contribution >= 4 is 39.9 Å². The van der Waals surface area contributed by atoms with Gasteiger partial charge in [-0.25, -0.2) is 4.79 Å². The van der Waals surface area contributed by atoms with Gasteiger partial charge in [0.2, 0.25) is 0 Å². The van der Waals surface area contributed by atoms with Gasteiger partial charge in [0.1, 0.15) is 15.6 Å². The second-order valence-corrected chi connectivity index (χ2v) is 5.18. The molecule has 2 aromatic rings. The molecule has 3 heterocycles. The van der Waals surface area contributed by atoms with E-state index in [4.69, 9.17) is 9.84 Å². The minimum atomic E-state index is -1.00. The number of fused-ring (bicyclic) bond motifs is 1. The number of anilines is 1. The zero-order chi connectivity index (χ0) is 14.3. The summed E-state index contributed by atoms with van der Waals surface area (Å²) in [7, 11) is 1.54. The third-order valence-corrected chi connectivity index (χ3v) is 3.99. The Balaban J connectivity index is 2.07. The van der Waals surface area contributed by atoms with Gasteiger partial charge in [0, 0.05) is 11.8 Å². The summed E-state index contributed by atoms with van der Waals surface area (Å²) in [6.07, 6.45) is 3.35. The second kappa shape index (κ2) is 4.53. The van der Waals surface area contributed by atoms with Crippen LogP contribution >= 0.6 is 11.3 Å². The highest BCUT2D eigenvalue weighted by Gasteiger charge is 2.28. The fraction of sp³-hybridized carbons (Fsp3) is 0.0769. The zero-order valence-electron chi connectivity index (χ0n) is 10.4. The summed E-state index contributed by atoms with van der Waals surface area (Å²) >= 11 is 1.05. The van der Waals surface area contributed by atoms with Gasteiger partial charge >= 0.3 is 5.97 Å². The van der Waals surface area contributed by atoms with Gasteiger partial charge in [-0.05, 0) is 18.2 Å². The second-order valence-electron chi connectivity index (χ2n) is 4.13. The molecule has 0 unspecified atom stereocenters. The van der Waals surface area contributed by atoms with Crippen LogP contribution in [0.1, 0.15) is 20.9 Å². The number of carbonyl (C=O) groups is 2. The number of carboxylic acids is 1. The molecule has 6 nitrogen and oxygen atoms in total. The molecule has 0 saturated carbocycles. The van der Waals surface area contributed by atoms with Crippen LogP contribution in [0, 0.1) is 0 Å². The molecule has 3 rings (SSSR count). The minimum Gasteiger partial charge on any atom is -0.495 e. The molecule has 0 aliphatic carbocycles. The number of carboxylic acid groups (broad SMARTS) is 1. The highest BCUT2D eigenvalue weighted by Crippen LogP contribution is 2.40. The number of rotatable bonds is 3. The fourth-order valence-corrected chi connectivity index (χ4v) is 2.94. The first kappa shape index (κ1) is 12.5. The van der Waals surface area contributed by atoms with Crippen LogP contribution in [0.3, 0.4) is 0 Å². The molecule has 0 spiro atoms. The fourth-order valence-electron chi connectivity index (χ4n) is 2.03. The molecule has 1 aliphatic rings. The maximum atomic E-state index is 11.9. The Hall–Kier alpha value is -2.54. The van der Waals surface area contributed by atoms with Crippen molar-refractivity contribution in [1.29, 1.82) is 0 Å². The van der Waals surface area contributed by atoms with Crippen LogP contribution in [0.15, 0.2) is 18.3 Å². The number of ether oxygens (including phenoxy) is 1. The first-order valence-electron chi connectivity index (χ1n) is 5.72. The normalized spacial score (nSPS) is 15.2. The number of aromatic amines is 1. The predicted molar refractivity (Wildman–Crippen MR) is 75.1 cm³/mol. The van der Waals surface area contributed by atoms with Crippen LogP contribution in [-0.2, 0) is 4.79 Å². The molecule has 7 heteroatoms. The van der Waals surface area contributed by atoms with Crippen LogP contribution in [0.4, 0.5) is 5.00 Å². The number of thiophene rings is 1. The van der Waals surface area contributed by atoms with Gasteiger partial charge in [-0.1, -0.05) is 0 Å². The Bertz CT molecular complexity index is 741. The smallest absolute Gasteiger partial charge is 0.345 e. The molecule has 0 fully saturated rings. The van der Waals surface area contributed by atoms with E-state index in [-0.39, 0.29) is 10.8 Å². The molecule has 1 aliphatic heterocycles. The van der Waals surface area contributed by atoms with Crippen LogP contribution in [-0.4, -0.2) is 29.1 Å². The molecule has 0 bridgehead atoms. The van der Waals surface area contributed by atoms with Crippen molar-refractivity contribution in [2.75, 3.05) is 12.4 Å². The first-order chi connectivity index (χ1) is 9.60. The van der Waals surface area contributed by atoms with Gasteiger partial charge in [-0.2, -0.15) is 0 Å². The van der Waals surface area contributed by atoms with Gasteiger partial charge in [-0.15, -0.1) is 11.3 Å². The lowest BCUT2D eigenvalue weighted by Crippen LogP contribution is -2.04. The first-order valence-corrected chi connectivity index (χ1v) is 6.53. The maximum absolute atomic E-state index is 11.9. The van der Waals surface area contributed by atoms with Crippen LogP contribution < -0.4 is 10.1 Å². The Labute approximate surface area is 117 Å². The molecule has 20 heavy (non-hydrogen) atoms. The van der Waals surface area contributed by atoms with E-state index in [1.165, 1.54) is 6.07 Å². The topological polar surface area (TPSA) is 91.4 Å². The molecule has 102 valence electrons. The quantitative estimate of drug-likeness (QED) is 0.756. The highest BCUT2D eigenvalue weighted by atomic mass is 32.1. The van der Waals surface area contributed by atoms with Crippen molar-refractivity contribution < 1.29 is 19.4 Å². The van der Waals surface area contributed by atoms with Gasteiger partial charge in [0.05, 0.1) is 18.4 Å². The van der Waals surface area contributed by atoms with E-state index in [9.17, 15) is 9.59 Å². The van der Waals surface area contributed by atoms with Gasteiger partial charge in [-0.3, -0.25) is 4.79 Å². The summed E-state index contributed by atoms with van der Waals surface area (Å²) in [4.78, 5) is 26.1. The maximum Gasteiger partial charge on any atom is 0.345 e. The lowest BCUT2D eigenvalue weighted by molar-refractivity contribution is -0.110. The predicted octanol–water partition coefficient (Wildman–Crippen LogP) is 2.28. The number of aromatic carboxylic acids is 1. The third kappa shape index (κ3) is 1.88. The number of hydrogen-bond donors (Lipinski definition) is 3. The molecule has 0 aromatic carbocycles. The Morgan fingerprint density at radius 2 is 2.30 bits per heavy atom. The van der Waals surface area contributed by atoms with Crippen molar-refractivity contribution in [2.45, 2.75) is 0 Å². The lowest BCUT2D eigenvalue weighted by Gasteiger charge is -1.99. The molecule has 0 saturated heterocycles. The van der Waals surface area contributed by atoms with Crippen molar-refractivity contribution in [3.63, 3.8) is 0 Å². The number of nitrogens with one attached hydrogen (secondary N) is 2. The summed E-state index contributed by atoms with van der Waals surface area (Å²) in [5.74, 6) is -0.636. The largest absolute Gasteiger partial charge is 0.495 e. The standard InChI is InChI=1S/C13H10N2O4S/c1-19-9-2-3-14-8(9)4-6-7-5-10(13(17)18)20-12(7)15-11(6)16/h2-5,14H,1H3,(H,15,16)(H,17,18)/b6-4-. The Kier molecular flexibility index (Phi) is 2.83. The summed E-state index contributed by atoms with van der Waals surface area (Å²) in [6.45, 7) is 0. The van der Waals surface area contributed by atoms with Gasteiger partial charge in [0.15, 0.2) is 0 Å². The number of carbonyl (C=O) groups excluding carboxylic acids is 1. The van der Waals surface area contributed by atoms with E-state index in [1.807, 2.05) is 0 Å². The molecule has 1 amide bonds. The van der Waals surface area contributed by atoms with E-state index < -0.39 is 5.97 Å². The van der Waals surface area contributed by atoms with E-state index in [0.29, 0.717) is 27.6 Å². The van der Waals surface area contributed by atoms with Crippen LogP contribution in [0.5, 0.6) is 5.75 Å². The number of amides is 1. The Morgan fingerprint density at radius 1 is 1.50 bits per heavy atom. The van der Waals surface area contributed by atoms with Crippen molar-refractivity contribution in [3.05, 3.63) is 34.5 Å². The van der Waals surface area contributed by atoms with Crippen molar-refractivity contribution in [3.8, 4) is 5.75 Å². The molecular weight excluding hydrogens is 280 g/mol. The summed E-state index contributed by atoms with van der Waals surface area (Å²) in [5.41, 5.74) is 1.69. The summed E-state index contributed by atoms with van der Waals surface area (Å²) in [5, 5.41) is 12.2. The number of methoxy groups -OCH3 is 1. The molecule has 3 N–H and O–H groups in total.